The molecule has 8 heteroatoms. The Morgan fingerprint density at radius 3 is 2.89 bits per heavy atom. The average molecular weight is 430 g/mol. The summed E-state index contributed by atoms with van der Waals surface area (Å²) in [6, 6.07) is 9.20. The first kappa shape index (κ1) is 19.2. The second-order valence-electron chi connectivity index (χ2n) is 6.30. The number of aryl methyl sites for hydroxylation is 1. The summed E-state index contributed by atoms with van der Waals surface area (Å²) in [7, 11) is 1.84. The van der Waals surface area contributed by atoms with Crippen LogP contribution in [0.15, 0.2) is 51.7 Å². The zero-order chi connectivity index (χ0) is 19.4. The zero-order valence-corrected chi connectivity index (χ0v) is 16.9. The van der Waals surface area contributed by atoms with E-state index in [4.69, 9.17) is 4.52 Å². The van der Waals surface area contributed by atoms with Crippen molar-refractivity contribution in [1.29, 1.82) is 0 Å². The van der Waals surface area contributed by atoms with Crippen molar-refractivity contribution in [2.24, 2.45) is 0 Å². The maximum absolute atomic E-state index is 12.4. The Kier molecular flexibility index (Phi) is 5.98. The molecule has 0 bridgehead atoms. The quantitative estimate of drug-likeness (QED) is 0.640. The van der Waals surface area contributed by atoms with E-state index in [0.29, 0.717) is 11.7 Å². The average Bonchev–Trinajstić information content (AvgIpc) is 3.14. The molecule has 1 unspecified atom stereocenters. The molecule has 7 nitrogen and oxygen atoms in total. The molecule has 140 valence electrons. The number of nitrogens with zero attached hydrogens (tertiary/aromatic N) is 4. The van der Waals surface area contributed by atoms with E-state index < -0.39 is 0 Å². The number of carbonyl (C=O) groups excluding carboxylic acids is 1. The molecule has 3 aromatic rings. The molecular weight excluding hydrogens is 410 g/mol. The molecule has 3 rings (SSSR count). The number of anilines is 1. The van der Waals surface area contributed by atoms with Crippen LogP contribution in [0.5, 0.6) is 0 Å². The number of amides is 1. The van der Waals surface area contributed by atoms with Crippen LogP contribution < -0.4 is 5.32 Å². The molecule has 2 aromatic heterocycles. The van der Waals surface area contributed by atoms with Gasteiger partial charge in [-0.15, -0.1) is 0 Å². The largest absolute Gasteiger partial charge is 0.337 e. The van der Waals surface area contributed by atoms with Crippen molar-refractivity contribution in [2.75, 3.05) is 18.9 Å². The first-order valence-corrected chi connectivity index (χ1v) is 9.23. The number of nitrogens with one attached hydrogen (secondary N) is 1. The first-order chi connectivity index (χ1) is 12.9. The van der Waals surface area contributed by atoms with Crippen LogP contribution in [0.1, 0.15) is 24.4 Å². The lowest BCUT2D eigenvalue weighted by Gasteiger charge is -2.21. The Morgan fingerprint density at radius 2 is 2.19 bits per heavy atom. The van der Waals surface area contributed by atoms with Gasteiger partial charge in [0.15, 0.2) is 0 Å². The predicted molar refractivity (Wildman–Crippen MR) is 106 cm³/mol. The fourth-order valence-corrected chi connectivity index (χ4v) is 3.00. The van der Waals surface area contributed by atoms with Gasteiger partial charge in [-0.1, -0.05) is 21.1 Å². The Balaban J connectivity index is 1.62. The number of benzene rings is 1. The number of halogens is 1. The van der Waals surface area contributed by atoms with E-state index in [-0.39, 0.29) is 18.5 Å². The van der Waals surface area contributed by atoms with E-state index in [1.807, 2.05) is 56.1 Å². The highest BCUT2D eigenvalue weighted by Crippen LogP contribution is 2.22. The van der Waals surface area contributed by atoms with E-state index in [1.54, 1.807) is 12.4 Å². The standard InChI is InChI=1S/C19H20BrN5O2/c1-12-9-15(20)6-7-16(12)22-17(26)11-25(3)13(2)19-23-18(24-27-19)14-5-4-8-21-10-14/h4-10,13H,11H2,1-3H3,(H,22,26). The van der Waals surface area contributed by atoms with Crippen LogP contribution in [0.25, 0.3) is 11.4 Å². The van der Waals surface area contributed by atoms with Crippen molar-refractivity contribution in [1.82, 2.24) is 20.0 Å². The molecule has 1 N–H and O–H groups in total. The van der Waals surface area contributed by atoms with Crippen molar-refractivity contribution in [2.45, 2.75) is 19.9 Å². The van der Waals surface area contributed by atoms with Gasteiger partial charge in [0.25, 0.3) is 0 Å². The number of aromatic nitrogens is 3. The lowest BCUT2D eigenvalue weighted by molar-refractivity contribution is -0.117. The molecule has 1 amide bonds. The summed E-state index contributed by atoms with van der Waals surface area (Å²) in [4.78, 5) is 22.7. The summed E-state index contributed by atoms with van der Waals surface area (Å²) in [5, 5.41) is 6.93. The molecule has 0 spiro atoms. The molecule has 0 aliphatic heterocycles. The first-order valence-electron chi connectivity index (χ1n) is 8.44. The Bertz CT molecular complexity index is 929. The third kappa shape index (κ3) is 4.78. The summed E-state index contributed by atoms with van der Waals surface area (Å²) >= 11 is 3.42. The van der Waals surface area contributed by atoms with Gasteiger partial charge in [0.2, 0.25) is 17.6 Å². The van der Waals surface area contributed by atoms with E-state index >= 15 is 0 Å². The van der Waals surface area contributed by atoms with Crippen LogP contribution in [-0.4, -0.2) is 39.5 Å². The maximum Gasteiger partial charge on any atom is 0.244 e. The minimum absolute atomic E-state index is 0.109. The van der Waals surface area contributed by atoms with Crippen LogP contribution >= 0.6 is 15.9 Å². The highest BCUT2D eigenvalue weighted by atomic mass is 79.9. The third-order valence-electron chi connectivity index (χ3n) is 4.24. The number of hydrogen-bond acceptors (Lipinski definition) is 6. The molecule has 1 aromatic carbocycles. The van der Waals surface area contributed by atoms with Crippen molar-refractivity contribution in [3.8, 4) is 11.4 Å². The monoisotopic (exact) mass is 429 g/mol. The van der Waals surface area contributed by atoms with E-state index in [0.717, 1.165) is 21.3 Å². The summed E-state index contributed by atoms with van der Waals surface area (Å²) < 4.78 is 6.34. The van der Waals surface area contributed by atoms with Crippen LogP contribution in [0, 0.1) is 6.92 Å². The number of pyridine rings is 1. The van der Waals surface area contributed by atoms with Crippen LogP contribution in [0.3, 0.4) is 0 Å². The molecule has 27 heavy (non-hydrogen) atoms. The number of likely N-dealkylation sites (N-methyl/N-ethyl adjacent to an activating group) is 1. The smallest absolute Gasteiger partial charge is 0.244 e. The third-order valence-corrected chi connectivity index (χ3v) is 4.73. The molecule has 1 atom stereocenters. The molecule has 0 aliphatic rings. The van der Waals surface area contributed by atoms with E-state index in [2.05, 4.69) is 36.4 Å². The topological polar surface area (TPSA) is 84.2 Å². The minimum Gasteiger partial charge on any atom is -0.337 e. The molecule has 0 fully saturated rings. The predicted octanol–water partition coefficient (Wildman–Crippen LogP) is 3.83. The van der Waals surface area contributed by atoms with Gasteiger partial charge < -0.3 is 9.84 Å². The van der Waals surface area contributed by atoms with Gasteiger partial charge in [0, 0.05) is 28.1 Å². The number of hydrogen-bond donors (Lipinski definition) is 1. The van der Waals surface area contributed by atoms with Crippen molar-refractivity contribution < 1.29 is 9.32 Å². The molecular formula is C19H20BrN5O2. The summed E-state index contributed by atoms with van der Waals surface area (Å²) in [5.74, 6) is 0.819. The van der Waals surface area contributed by atoms with Crippen molar-refractivity contribution in [3.63, 3.8) is 0 Å². The Labute approximate surface area is 165 Å². The minimum atomic E-state index is -0.209. The Hall–Kier alpha value is -2.58. The lowest BCUT2D eigenvalue weighted by Crippen LogP contribution is -2.32. The van der Waals surface area contributed by atoms with Gasteiger partial charge in [-0.25, -0.2) is 0 Å². The zero-order valence-electron chi connectivity index (χ0n) is 15.3. The van der Waals surface area contributed by atoms with Gasteiger partial charge in [-0.2, -0.15) is 4.98 Å². The van der Waals surface area contributed by atoms with E-state index in [9.17, 15) is 4.79 Å². The van der Waals surface area contributed by atoms with Crippen LogP contribution in [0.4, 0.5) is 5.69 Å². The number of rotatable bonds is 6. The van der Waals surface area contributed by atoms with Crippen LogP contribution in [-0.2, 0) is 4.79 Å². The highest BCUT2D eigenvalue weighted by Gasteiger charge is 2.21. The Morgan fingerprint density at radius 1 is 1.37 bits per heavy atom. The second kappa shape index (κ2) is 8.41. The maximum atomic E-state index is 12.4. The summed E-state index contributed by atoms with van der Waals surface area (Å²) in [5.41, 5.74) is 2.57. The molecule has 0 saturated heterocycles. The van der Waals surface area contributed by atoms with Gasteiger partial charge in [-0.05, 0) is 56.8 Å². The number of carbonyl (C=O) groups is 1. The van der Waals surface area contributed by atoms with E-state index in [1.165, 1.54) is 0 Å². The van der Waals surface area contributed by atoms with Crippen molar-refractivity contribution in [3.05, 3.63) is 58.7 Å². The SMILES string of the molecule is Cc1cc(Br)ccc1NC(=O)CN(C)C(C)c1nc(-c2cccnc2)no1. The normalized spacial score (nSPS) is 12.2. The fraction of sp³-hybridized carbons (Fsp3) is 0.263. The summed E-state index contributed by atoms with van der Waals surface area (Å²) in [6.07, 6.45) is 3.36. The molecule has 0 radical (unpaired) electrons. The lowest BCUT2D eigenvalue weighted by atomic mass is 10.2. The van der Waals surface area contributed by atoms with Crippen molar-refractivity contribution >= 4 is 27.5 Å². The van der Waals surface area contributed by atoms with Gasteiger partial charge in [-0.3, -0.25) is 14.7 Å². The molecule has 0 aliphatic carbocycles. The van der Waals surface area contributed by atoms with Gasteiger partial charge in [0.1, 0.15) is 0 Å². The fourth-order valence-electron chi connectivity index (χ4n) is 2.53. The molecule has 2 heterocycles. The molecule has 0 saturated carbocycles. The van der Waals surface area contributed by atoms with Crippen LogP contribution in [0.2, 0.25) is 0 Å². The summed E-state index contributed by atoms with van der Waals surface area (Å²) in [6.45, 7) is 4.06. The second-order valence-corrected chi connectivity index (χ2v) is 7.21. The van der Waals surface area contributed by atoms with Gasteiger partial charge >= 0.3 is 0 Å². The van der Waals surface area contributed by atoms with Gasteiger partial charge in [0.05, 0.1) is 12.6 Å². The highest BCUT2D eigenvalue weighted by molar-refractivity contribution is 9.10.